The van der Waals surface area contributed by atoms with Gasteiger partial charge in [-0.05, 0) is 43.5 Å². The Morgan fingerprint density at radius 2 is 2.04 bits per heavy atom. The van der Waals surface area contributed by atoms with Crippen molar-refractivity contribution in [3.63, 3.8) is 0 Å². The molecule has 0 spiro atoms. The van der Waals surface area contributed by atoms with Crippen LogP contribution in [0, 0.1) is 5.92 Å². The van der Waals surface area contributed by atoms with Gasteiger partial charge in [0.15, 0.2) is 0 Å². The molecule has 2 rings (SSSR count). The number of carboxylic acids is 1. The largest absolute Gasteiger partial charge is 0.488 e. The van der Waals surface area contributed by atoms with Crippen LogP contribution in [0.15, 0.2) is 41.8 Å². The molecular formula is C17H19NO4S. The van der Waals surface area contributed by atoms with Crippen LogP contribution in [0.3, 0.4) is 0 Å². The lowest BCUT2D eigenvalue weighted by molar-refractivity contribution is -0.141. The molecule has 1 aromatic carbocycles. The monoisotopic (exact) mass is 333 g/mol. The Kier molecular flexibility index (Phi) is 5.76. The minimum atomic E-state index is -0.939. The number of hydrogen-bond donors (Lipinski definition) is 2. The van der Waals surface area contributed by atoms with Gasteiger partial charge in [-0.1, -0.05) is 12.1 Å². The smallest absolute Gasteiger partial charge is 0.308 e. The standard InChI is InChI=1S/C17H19NO4S/c1-11(17(20)21)12(2)18-16(19)13-5-3-6-14(9-13)22-10-15-7-4-8-23-15/h3-9,11-12H,10H2,1-2H3,(H,18,19)(H,20,21). The van der Waals surface area contributed by atoms with E-state index in [0.29, 0.717) is 17.9 Å². The maximum atomic E-state index is 12.2. The molecule has 2 N–H and O–H groups in total. The van der Waals surface area contributed by atoms with Gasteiger partial charge in [0.05, 0.1) is 5.92 Å². The minimum absolute atomic E-state index is 0.313. The molecule has 5 nitrogen and oxygen atoms in total. The lowest BCUT2D eigenvalue weighted by Gasteiger charge is -2.18. The first-order valence-electron chi connectivity index (χ1n) is 7.26. The predicted octanol–water partition coefficient (Wildman–Crippen LogP) is 3.17. The van der Waals surface area contributed by atoms with Crippen molar-refractivity contribution in [2.45, 2.75) is 26.5 Å². The molecule has 1 aromatic heterocycles. The van der Waals surface area contributed by atoms with Gasteiger partial charge in [0, 0.05) is 16.5 Å². The van der Waals surface area contributed by atoms with Crippen LogP contribution in [0.25, 0.3) is 0 Å². The van der Waals surface area contributed by atoms with Gasteiger partial charge in [-0.15, -0.1) is 11.3 Å². The van der Waals surface area contributed by atoms with E-state index in [9.17, 15) is 9.59 Å². The highest BCUT2D eigenvalue weighted by Crippen LogP contribution is 2.17. The SMILES string of the molecule is CC(NC(=O)c1cccc(OCc2cccs2)c1)C(C)C(=O)O. The van der Waals surface area contributed by atoms with E-state index >= 15 is 0 Å². The molecule has 0 aliphatic heterocycles. The molecule has 2 aromatic rings. The number of amides is 1. The summed E-state index contributed by atoms with van der Waals surface area (Å²) in [7, 11) is 0. The highest BCUT2D eigenvalue weighted by Gasteiger charge is 2.21. The average Bonchev–Trinajstić information content (AvgIpc) is 3.05. The van der Waals surface area contributed by atoms with Gasteiger partial charge < -0.3 is 15.2 Å². The summed E-state index contributed by atoms with van der Waals surface area (Å²) < 4.78 is 5.67. The van der Waals surface area contributed by atoms with Crippen molar-refractivity contribution in [3.8, 4) is 5.75 Å². The van der Waals surface area contributed by atoms with Crippen LogP contribution in [-0.2, 0) is 11.4 Å². The van der Waals surface area contributed by atoms with Crippen LogP contribution >= 0.6 is 11.3 Å². The second-order valence-corrected chi connectivity index (χ2v) is 6.32. The molecule has 0 aliphatic carbocycles. The number of nitrogens with one attached hydrogen (secondary N) is 1. The Morgan fingerprint density at radius 3 is 2.70 bits per heavy atom. The third-order valence-corrected chi connectivity index (χ3v) is 4.41. The van der Waals surface area contributed by atoms with Gasteiger partial charge in [-0.25, -0.2) is 0 Å². The van der Waals surface area contributed by atoms with Crippen molar-refractivity contribution < 1.29 is 19.4 Å². The van der Waals surface area contributed by atoms with Gasteiger partial charge in [0.2, 0.25) is 0 Å². The van der Waals surface area contributed by atoms with E-state index in [1.807, 2.05) is 17.5 Å². The Balaban J connectivity index is 1.98. The van der Waals surface area contributed by atoms with Crippen molar-refractivity contribution in [2.24, 2.45) is 5.92 Å². The third-order valence-electron chi connectivity index (χ3n) is 3.56. The van der Waals surface area contributed by atoms with Crippen molar-refractivity contribution >= 4 is 23.2 Å². The fourth-order valence-electron chi connectivity index (χ4n) is 1.91. The summed E-state index contributed by atoms with van der Waals surface area (Å²) in [4.78, 5) is 24.3. The first-order chi connectivity index (χ1) is 11.0. The molecule has 2 unspecified atom stereocenters. The van der Waals surface area contributed by atoms with E-state index in [1.165, 1.54) is 0 Å². The van der Waals surface area contributed by atoms with Gasteiger partial charge in [-0.3, -0.25) is 9.59 Å². The zero-order chi connectivity index (χ0) is 16.8. The number of carboxylic acid groups (broad SMARTS) is 1. The van der Waals surface area contributed by atoms with Crippen molar-refractivity contribution in [2.75, 3.05) is 0 Å². The van der Waals surface area contributed by atoms with Crippen molar-refractivity contribution in [1.29, 1.82) is 0 Å². The number of benzene rings is 1. The van der Waals surface area contributed by atoms with E-state index in [0.717, 1.165) is 4.88 Å². The molecule has 0 saturated heterocycles. The molecule has 1 heterocycles. The second kappa shape index (κ2) is 7.78. The quantitative estimate of drug-likeness (QED) is 0.816. The number of thiophene rings is 1. The highest BCUT2D eigenvalue weighted by atomic mass is 32.1. The van der Waals surface area contributed by atoms with Gasteiger partial charge in [-0.2, -0.15) is 0 Å². The number of ether oxygens (including phenoxy) is 1. The van der Waals surface area contributed by atoms with Gasteiger partial charge >= 0.3 is 5.97 Å². The normalized spacial score (nSPS) is 13.1. The molecule has 0 fully saturated rings. The summed E-state index contributed by atoms with van der Waals surface area (Å²) in [5.74, 6) is -1.31. The van der Waals surface area contributed by atoms with E-state index in [2.05, 4.69) is 5.32 Å². The molecule has 0 aliphatic rings. The minimum Gasteiger partial charge on any atom is -0.488 e. The van der Waals surface area contributed by atoms with Crippen LogP contribution in [0.5, 0.6) is 5.75 Å². The van der Waals surface area contributed by atoms with Crippen LogP contribution in [0.1, 0.15) is 29.1 Å². The van der Waals surface area contributed by atoms with Gasteiger partial charge in [0.25, 0.3) is 5.91 Å². The van der Waals surface area contributed by atoms with E-state index in [-0.39, 0.29) is 5.91 Å². The Bertz CT molecular complexity index is 669. The summed E-state index contributed by atoms with van der Waals surface area (Å²) in [5.41, 5.74) is 0.443. The molecule has 122 valence electrons. The third kappa shape index (κ3) is 4.82. The maximum absolute atomic E-state index is 12.2. The molecule has 2 atom stereocenters. The summed E-state index contributed by atoms with van der Waals surface area (Å²) in [6.45, 7) is 3.69. The van der Waals surface area contributed by atoms with E-state index in [1.54, 1.807) is 49.4 Å². The summed E-state index contributed by atoms with van der Waals surface area (Å²) >= 11 is 1.61. The molecule has 6 heteroatoms. The average molecular weight is 333 g/mol. The summed E-state index contributed by atoms with van der Waals surface area (Å²) in [6, 6.07) is 10.3. The molecule has 23 heavy (non-hydrogen) atoms. The number of hydrogen-bond acceptors (Lipinski definition) is 4. The fraction of sp³-hybridized carbons (Fsp3) is 0.294. The van der Waals surface area contributed by atoms with Crippen molar-refractivity contribution in [1.82, 2.24) is 5.32 Å². The fourth-order valence-corrected chi connectivity index (χ4v) is 2.52. The zero-order valence-electron chi connectivity index (χ0n) is 13.0. The maximum Gasteiger partial charge on any atom is 0.308 e. The van der Waals surface area contributed by atoms with Crippen LogP contribution in [0.4, 0.5) is 0 Å². The van der Waals surface area contributed by atoms with Crippen LogP contribution in [-0.4, -0.2) is 23.0 Å². The molecule has 1 amide bonds. The van der Waals surface area contributed by atoms with Crippen molar-refractivity contribution in [3.05, 3.63) is 52.2 Å². The van der Waals surface area contributed by atoms with Crippen LogP contribution in [0.2, 0.25) is 0 Å². The van der Waals surface area contributed by atoms with Crippen LogP contribution < -0.4 is 10.1 Å². The van der Waals surface area contributed by atoms with E-state index in [4.69, 9.17) is 9.84 Å². The second-order valence-electron chi connectivity index (χ2n) is 5.28. The topological polar surface area (TPSA) is 75.6 Å². The lowest BCUT2D eigenvalue weighted by atomic mass is 10.0. The molecule has 0 bridgehead atoms. The molecule has 0 radical (unpaired) electrons. The zero-order valence-corrected chi connectivity index (χ0v) is 13.8. The number of carbonyl (C=O) groups excluding carboxylic acids is 1. The number of carbonyl (C=O) groups is 2. The lowest BCUT2D eigenvalue weighted by Crippen LogP contribution is -2.40. The summed E-state index contributed by atoms with van der Waals surface area (Å²) in [5, 5.41) is 13.7. The number of aliphatic carboxylic acids is 1. The van der Waals surface area contributed by atoms with E-state index < -0.39 is 17.9 Å². The first kappa shape index (κ1) is 17.0. The Morgan fingerprint density at radius 1 is 1.26 bits per heavy atom. The highest BCUT2D eigenvalue weighted by molar-refractivity contribution is 7.09. The Labute approximate surface area is 138 Å². The number of rotatable bonds is 7. The predicted molar refractivity (Wildman–Crippen MR) is 88.8 cm³/mol. The first-order valence-corrected chi connectivity index (χ1v) is 8.14. The summed E-state index contributed by atoms with van der Waals surface area (Å²) in [6.07, 6.45) is 0. The Hall–Kier alpha value is -2.34. The van der Waals surface area contributed by atoms with Gasteiger partial charge in [0.1, 0.15) is 12.4 Å². The molecular weight excluding hydrogens is 314 g/mol. The molecule has 0 saturated carbocycles.